The predicted molar refractivity (Wildman–Crippen MR) is 42.9 cm³/mol. The van der Waals surface area contributed by atoms with Gasteiger partial charge in [0.1, 0.15) is 0 Å². The van der Waals surface area contributed by atoms with Gasteiger partial charge in [-0.1, -0.05) is 24.3 Å². The molecule has 0 N–H and O–H groups in total. The second-order valence-corrected chi connectivity index (χ2v) is 1.43. The molecule has 0 saturated carbocycles. The minimum atomic E-state index is 0. The van der Waals surface area contributed by atoms with Gasteiger partial charge in [-0.2, -0.15) is 0 Å². The summed E-state index contributed by atoms with van der Waals surface area (Å²) >= 11 is 0. The molecule has 0 radical (unpaired) electrons. The molecule has 0 aromatic carbocycles. The lowest BCUT2D eigenvalue weighted by Gasteiger charge is -1.88. The van der Waals surface area contributed by atoms with Crippen molar-refractivity contribution in [3.8, 4) is 0 Å². The van der Waals surface area contributed by atoms with Crippen molar-refractivity contribution in [1.29, 1.82) is 0 Å². The highest BCUT2D eigenvalue weighted by Crippen LogP contribution is 1.98. The molecule has 0 aromatic rings. The highest BCUT2D eigenvalue weighted by Gasteiger charge is 1.77. The number of rotatable bonds is 0. The molecule has 1 rings (SSSR count). The molecule has 7 heavy (non-hydrogen) atoms. The van der Waals surface area contributed by atoms with Gasteiger partial charge in [0.05, 0.1) is 0 Å². The summed E-state index contributed by atoms with van der Waals surface area (Å²) in [6.45, 7) is 0. The molecule has 0 amide bonds. The fourth-order valence-electron chi connectivity index (χ4n) is 0.542. The smallest absolute Gasteiger partial charge is 0.0313 e. The fourth-order valence-corrected chi connectivity index (χ4v) is 0.542. The summed E-state index contributed by atoms with van der Waals surface area (Å²) in [5.74, 6) is 0. The summed E-state index contributed by atoms with van der Waals surface area (Å²) in [6, 6.07) is 0. The molecule has 1 heteroatoms. The molecule has 0 heterocycles. The van der Waals surface area contributed by atoms with E-state index in [4.69, 9.17) is 0 Å². The molecule has 0 aromatic heterocycles. The monoisotopic (exact) mass is 208 g/mol. The van der Waals surface area contributed by atoms with Gasteiger partial charge in [-0.15, -0.1) is 24.0 Å². The van der Waals surface area contributed by atoms with Crippen LogP contribution in [0.4, 0.5) is 0 Å². The van der Waals surface area contributed by atoms with E-state index < -0.39 is 0 Å². The Hall–Kier alpha value is 0.210. The van der Waals surface area contributed by atoms with Crippen LogP contribution in [0.5, 0.6) is 0 Å². The van der Waals surface area contributed by atoms with Gasteiger partial charge in [0, 0.05) is 0 Å². The van der Waals surface area contributed by atoms with Crippen molar-refractivity contribution in [3.05, 3.63) is 24.3 Å². The minimum absolute atomic E-state index is 0. The average Bonchev–Trinajstić information content (AvgIpc) is 1.72. The summed E-state index contributed by atoms with van der Waals surface area (Å²) < 4.78 is 0. The summed E-state index contributed by atoms with van der Waals surface area (Å²) in [6.07, 6.45) is 11.0. The van der Waals surface area contributed by atoms with Crippen LogP contribution in [0.3, 0.4) is 0 Å². The lowest BCUT2D eigenvalue weighted by molar-refractivity contribution is 1.04. The Labute approximate surface area is 61.3 Å². The van der Waals surface area contributed by atoms with Crippen molar-refractivity contribution < 1.29 is 0 Å². The molecule has 0 atom stereocenters. The van der Waals surface area contributed by atoms with Crippen molar-refractivity contribution in [3.63, 3.8) is 0 Å². The minimum Gasteiger partial charge on any atom is -0.107 e. The molecule has 1 aliphatic rings. The quantitative estimate of drug-likeness (QED) is 0.536. The van der Waals surface area contributed by atoms with Gasteiger partial charge in [0.2, 0.25) is 0 Å². The van der Waals surface area contributed by atoms with Crippen molar-refractivity contribution in [2.75, 3.05) is 0 Å². The third kappa shape index (κ3) is 2.85. The normalized spacial score (nSPS) is 16.0. The highest BCUT2D eigenvalue weighted by atomic mass is 127. The molecule has 40 valence electrons. The maximum Gasteiger partial charge on any atom is -0.0313 e. The van der Waals surface area contributed by atoms with Gasteiger partial charge in [0.25, 0.3) is 0 Å². The van der Waals surface area contributed by atoms with E-state index in [1.54, 1.807) is 0 Å². The van der Waals surface area contributed by atoms with E-state index in [1.807, 2.05) is 0 Å². The third-order valence-corrected chi connectivity index (χ3v) is 0.883. The fraction of sp³-hybridized carbons (Fsp3) is 0.333. The van der Waals surface area contributed by atoms with E-state index in [-0.39, 0.29) is 24.0 Å². The van der Waals surface area contributed by atoms with Crippen LogP contribution in [0.2, 0.25) is 0 Å². The van der Waals surface area contributed by atoms with E-state index in [0.717, 1.165) is 0 Å². The Bertz CT molecular complexity index is 70.2. The maximum absolute atomic E-state index is 2.18. The number of hydrogen-bond acceptors (Lipinski definition) is 0. The Morgan fingerprint density at radius 3 is 1.43 bits per heavy atom. The van der Waals surface area contributed by atoms with Gasteiger partial charge >= 0.3 is 0 Å². The summed E-state index contributed by atoms with van der Waals surface area (Å²) in [5, 5.41) is 0. The van der Waals surface area contributed by atoms with E-state index in [0.29, 0.717) is 0 Å². The lowest BCUT2D eigenvalue weighted by atomic mass is 10.2. The van der Waals surface area contributed by atoms with Gasteiger partial charge in [-0.3, -0.25) is 0 Å². The SMILES string of the molecule is C1=CCCC=C1.I. The predicted octanol–water partition coefficient (Wildman–Crippen LogP) is 2.51. The molecule has 0 bridgehead atoms. The number of allylic oxidation sites excluding steroid dienone is 4. The maximum atomic E-state index is 2.18. The van der Waals surface area contributed by atoms with E-state index in [1.165, 1.54) is 12.8 Å². The number of hydrogen-bond donors (Lipinski definition) is 0. The van der Waals surface area contributed by atoms with E-state index in [2.05, 4.69) is 24.3 Å². The van der Waals surface area contributed by atoms with Gasteiger partial charge in [-0.05, 0) is 12.8 Å². The molecule has 0 saturated heterocycles. The molecule has 0 aliphatic heterocycles. The first kappa shape index (κ1) is 7.21. The second-order valence-electron chi connectivity index (χ2n) is 1.43. The summed E-state index contributed by atoms with van der Waals surface area (Å²) in [7, 11) is 0. The molecule has 0 spiro atoms. The zero-order chi connectivity index (χ0) is 4.24. The second kappa shape index (κ2) is 4.37. The average molecular weight is 208 g/mol. The molecular formula is C6H9I. The van der Waals surface area contributed by atoms with Crippen molar-refractivity contribution in [2.45, 2.75) is 12.8 Å². The molecule has 0 nitrogen and oxygen atoms in total. The Balaban J connectivity index is 0.000000360. The first-order valence-corrected chi connectivity index (χ1v) is 2.32. The standard InChI is InChI=1S/C6H8.HI/c1-2-4-6-5-3-1;/h1-4H,5-6H2;1H. The van der Waals surface area contributed by atoms with Crippen molar-refractivity contribution in [2.24, 2.45) is 0 Å². The number of halogens is 1. The van der Waals surface area contributed by atoms with Crippen molar-refractivity contribution >= 4 is 24.0 Å². The summed E-state index contributed by atoms with van der Waals surface area (Å²) in [5.41, 5.74) is 0. The van der Waals surface area contributed by atoms with Crippen LogP contribution < -0.4 is 0 Å². The Kier molecular flexibility index (Phi) is 4.50. The van der Waals surface area contributed by atoms with Crippen LogP contribution in [0.25, 0.3) is 0 Å². The lowest BCUT2D eigenvalue weighted by Crippen LogP contribution is -1.67. The van der Waals surface area contributed by atoms with Gasteiger partial charge in [0.15, 0.2) is 0 Å². The van der Waals surface area contributed by atoms with E-state index in [9.17, 15) is 0 Å². The van der Waals surface area contributed by atoms with Crippen LogP contribution >= 0.6 is 24.0 Å². The molecule has 0 unspecified atom stereocenters. The first-order valence-electron chi connectivity index (χ1n) is 2.32. The topological polar surface area (TPSA) is 0 Å². The molecular weight excluding hydrogens is 199 g/mol. The Morgan fingerprint density at radius 1 is 0.857 bits per heavy atom. The zero-order valence-corrected chi connectivity index (χ0v) is 6.46. The van der Waals surface area contributed by atoms with Crippen LogP contribution in [-0.2, 0) is 0 Å². The zero-order valence-electron chi connectivity index (χ0n) is 4.13. The highest BCUT2D eigenvalue weighted by molar-refractivity contribution is 14.0. The first-order chi connectivity index (χ1) is 3.00. The molecule has 0 fully saturated rings. The Morgan fingerprint density at radius 2 is 1.29 bits per heavy atom. The molecule has 1 aliphatic carbocycles. The third-order valence-electron chi connectivity index (χ3n) is 0.883. The van der Waals surface area contributed by atoms with Crippen LogP contribution in [0.15, 0.2) is 24.3 Å². The van der Waals surface area contributed by atoms with E-state index >= 15 is 0 Å². The van der Waals surface area contributed by atoms with Gasteiger partial charge < -0.3 is 0 Å². The van der Waals surface area contributed by atoms with Crippen LogP contribution in [-0.4, -0.2) is 0 Å². The van der Waals surface area contributed by atoms with Crippen LogP contribution in [0, 0.1) is 0 Å². The van der Waals surface area contributed by atoms with Crippen molar-refractivity contribution in [1.82, 2.24) is 0 Å². The van der Waals surface area contributed by atoms with Gasteiger partial charge in [-0.25, -0.2) is 0 Å². The summed E-state index contributed by atoms with van der Waals surface area (Å²) in [4.78, 5) is 0. The van der Waals surface area contributed by atoms with Crippen LogP contribution in [0.1, 0.15) is 12.8 Å². The largest absolute Gasteiger partial charge is 0.107 e.